The highest BCUT2D eigenvalue weighted by molar-refractivity contribution is 5.71. The summed E-state index contributed by atoms with van der Waals surface area (Å²) in [5.74, 6) is -2.01. The second-order valence-electron chi connectivity index (χ2n) is 16.0. The number of quaternary nitrogens is 1. The van der Waals surface area contributed by atoms with Crippen molar-refractivity contribution in [2.24, 2.45) is 0 Å². The number of hydrogen-bond donors (Lipinski definition) is 1. The van der Waals surface area contributed by atoms with E-state index in [4.69, 9.17) is 18.9 Å². The molecule has 1 N–H and O–H groups in total. The van der Waals surface area contributed by atoms with Gasteiger partial charge in [-0.3, -0.25) is 9.59 Å². The normalized spacial score (nSPS) is 13.0. The average Bonchev–Trinajstić information content (AvgIpc) is 3.11. The molecule has 2 atom stereocenters. The Morgan fingerprint density at radius 3 is 1.42 bits per heavy atom. The lowest BCUT2D eigenvalue weighted by atomic mass is 10.0. The van der Waals surface area contributed by atoms with Gasteiger partial charge in [0, 0.05) is 12.8 Å². The number of carbonyl (C=O) groups excluding carboxylic acids is 2. The van der Waals surface area contributed by atoms with Crippen molar-refractivity contribution in [3.05, 3.63) is 12.2 Å². The molecule has 53 heavy (non-hydrogen) atoms. The maximum Gasteiger partial charge on any atom is 0.361 e. The molecule has 312 valence electrons. The first-order valence-electron chi connectivity index (χ1n) is 21.9. The molecule has 0 rings (SSSR count). The minimum absolute atomic E-state index is 0.180. The first kappa shape index (κ1) is 51.0. The van der Waals surface area contributed by atoms with Crippen LogP contribution in [0.3, 0.4) is 0 Å². The lowest BCUT2D eigenvalue weighted by Crippen LogP contribution is -2.40. The van der Waals surface area contributed by atoms with Crippen LogP contribution in [0, 0.1) is 0 Å². The third kappa shape index (κ3) is 38.1. The van der Waals surface area contributed by atoms with Gasteiger partial charge in [0.2, 0.25) is 0 Å². The van der Waals surface area contributed by atoms with Crippen LogP contribution in [0.15, 0.2) is 12.2 Å². The van der Waals surface area contributed by atoms with Gasteiger partial charge in [0.25, 0.3) is 6.29 Å². The third-order valence-corrected chi connectivity index (χ3v) is 9.52. The molecule has 9 heteroatoms. The minimum atomic E-state index is -1.50. The van der Waals surface area contributed by atoms with Gasteiger partial charge in [-0.25, -0.2) is 4.79 Å². The minimum Gasteiger partial charge on any atom is -0.477 e. The Morgan fingerprint density at radius 1 is 0.547 bits per heavy atom. The van der Waals surface area contributed by atoms with Crippen LogP contribution in [0.25, 0.3) is 0 Å². The standard InChI is InChI=1S/C44H83NO8/c1-6-8-10-12-14-16-18-20-21-23-24-26-28-30-32-34-41(46)51-38-40(39-52-44(43(48)49)50-37-36-45(3,4)5)53-42(47)35-33-31-29-27-25-22-19-17-15-13-11-9-7-2/h17,19,40,44H,6-16,18,20-39H2,1-5H3/p+1/b19-17-. The molecule has 0 amide bonds. The Kier molecular flexibility index (Phi) is 35.6. The van der Waals surface area contributed by atoms with Crippen molar-refractivity contribution in [1.29, 1.82) is 0 Å². The first-order chi connectivity index (χ1) is 25.6. The predicted molar refractivity (Wildman–Crippen MR) is 217 cm³/mol. The first-order valence-corrected chi connectivity index (χ1v) is 21.9. The molecule has 0 heterocycles. The van der Waals surface area contributed by atoms with Crippen LogP contribution in [0.5, 0.6) is 0 Å². The van der Waals surface area contributed by atoms with Crippen molar-refractivity contribution in [2.45, 2.75) is 206 Å². The zero-order valence-corrected chi connectivity index (χ0v) is 35.2. The van der Waals surface area contributed by atoms with E-state index in [1.807, 2.05) is 21.1 Å². The molecule has 0 aliphatic carbocycles. The second kappa shape index (κ2) is 37.0. The molecule has 0 fully saturated rings. The lowest BCUT2D eigenvalue weighted by Gasteiger charge is -2.25. The molecule has 0 aliphatic rings. The average molecular weight is 755 g/mol. The van der Waals surface area contributed by atoms with Gasteiger partial charge in [0.1, 0.15) is 13.2 Å². The number of unbranched alkanes of at least 4 members (excludes halogenated alkanes) is 23. The highest BCUT2D eigenvalue weighted by atomic mass is 16.7. The fourth-order valence-corrected chi connectivity index (χ4v) is 6.07. The van der Waals surface area contributed by atoms with E-state index in [2.05, 4.69) is 26.0 Å². The van der Waals surface area contributed by atoms with E-state index in [0.29, 0.717) is 23.9 Å². The van der Waals surface area contributed by atoms with Crippen LogP contribution in [0.2, 0.25) is 0 Å². The van der Waals surface area contributed by atoms with E-state index < -0.39 is 24.3 Å². The highest BCUT2D eigenvalue weighted by Crippen LogP contribution is 2.15. The summed E-state index contributed by atoms with van der Waals surface area (Å²) in [6.07, 6.45) is 34.0. The fraction of sp³-hybridized carbons (Fsp3) is 0.886. The van der Waals surface area contributed by atoms with E-state index in [-0.39, 0.29) is 32.2 Å². The Morgan fingerprint density at radius 2 is 0.962 bits per heavy atom. The number of ether oxygens (including phenoxy) is 4. The molecule has 0 spiro atoms. The summed E-state index contributed by atoms with van der Waals surface area (Å²) in [5, 5.41) is 9.61. The SMILES string of the molecule is CCCCCC/C=C\CCCCCCCC(=O)OC(COC(=O)CCCCCCCCCCCCCCCCC)COC(OCC[N+](C)(C)C)C(=O)O. The van der Waals surface area contributed by atoms with Crippen LogP contribution < -0.4 is 0 Å². The molecule has 0 aromatic rings. The summed E-state index contributed by atoms with van der Waals surface area (Å²) in [5.41, 5.74) is 0. The monoisotopic (exact) mass is 755 g/mol. The Balaban J connectivity index is 4.44. The summed E-state index contributed by atoms with van der Waals surface area (Å²) in [4.78, 5) is 37.0. The van der Waals surface area contributed by atoms with Crippen LogP contribution in [-0.2, 0) is 33.3 Å². The van der Waals surface area contributed by atoms with Gasteiger partial charge in [0.15, 0.2) is 6.10 Å². The summed E-state index contributed by atoms with van der Waals surface area (Å²) in [7, 11) is 5.95. The Bertz CT molecular complexity index is 887. The zero-order chi connectivity index (χ0) is 39.3. The van der Waals surface area contributed by atoms with Crippen molar-refractivity contribution in [3.63, 3.8) is 0 Å². The van der Waals surface area contributed by atoms with Gasteiger partial charge < -0.3 is 28.5 Å². The highest BCUT2D eigenvalue weighted by Gasteiger charge is 2.25. The number of carbonyl (C=O) groups is 3. The van der Waals surface area contributed by atoms with Gasteiger partial charge >= 0.3 is 17.9 Å². The molecule has 2 unspecified atom stereocenters. The number of allylic oxidation sites excluding steroid dienone is 2. The summed E-state index contributed by atoms with van der Waals surface area (Å²) in [6, 6.07) is 0. The van der Waals surface area contributed by atoms with Gasteiger partial charge in [-0.1, -0.05) is 154 Å². The van der Waals surface area contributed by atoms with Gasteiger partial charge in [-0.05, 0) is 38.5 Å². The van der Waals surface area contributed by atoms with E-state index in [1.54, 1.807) is 0 Å². The number of rotatable bonds is 40. The maximum atomic E-state index is 12.7. The Labute approximate surface area is 325 Å². The molecule has 9 nitrogen and oxygen atoms in total. The quantitative estimate of drug-likeness (QED) is 0.0217. The molecule has 0 aliphatic heterocycles. The molecule has 0 saturated carbocycles. The van der Waals surface area contributed by atoms with Gasteiger partial charge in [-0.2, -0.15) is 0 Å². The van der Waals surface area contributed by atoms with Crippen molar-refractivity contribution >= 4 is 17.9 Å². The topological polar surface area (TPSA) is 108 Å². The molecule has 0 aromatic carbocycles. The smallest absolute Gasteiger partial charge is 0.361 e. The van der Waals surface area contributed by atoms with Crippen LogP contribution in [0.1, 0.15) is 194 Å². The number of carboxylic acids is 1. The predicted octanol–water partition coefficient (Wildman–Crippen LogP) is 11.1. The van der Waals surface area contributed by atoms with Crippen molar-refractivity contribution in [2.75, 3.05) is 47.5 Å². The van der Waals surface area contributed by atoms with E-state index in [0.717, 1.165) is 51.4 Å². The molecular weight excluding hydrogens is 670 g/mol. The fourth-order valence-electron chi connectivity index (χ4n) is 6.07. The summed E-state index contributed by atoms with van der Waals surface area (Å²) in [6.45, 7) is 4.86. The number of hydrogen-bond acceptors (Lipinski definition) is 7. The summed E-state index contributed by atoms with van der Waals surface area (Å²) >= 11 is 0. The number of carboxylic acid groups (broad SMARTS) is 1. The van der Waals surface area contributed by atoms with Crippen LogP contribution >= 0.6 is 0 Å². The van der Waals surface area contributed by atoms with Gasteiger partial charge in [0.05, 0.1) is 34.4 Å². The van der Waals surface area contributed by atoms with E-state index in [1.165, 1.54) is 109 Å². The van der Waals surface area contributed by atoms with Crippen molar-refractivity contribution < 1.29 is 42.9 Å². The third-order valence-electron chi connectivity index (χ3n) is 9.52. The number of nitrogens with zero attached hydrogens (tertiary/aromatic N) is 1. The Hall–Kier alpha value is -1.97. The molecular formula is C44H84NO8+. The summed E-state index contributed by atoms with van der Waals surface area (Å²) < 4.78 is 22.7. The number of likely N-dealkylation sites (N-methyl/N-ethyl adjacent to an activating group) is 1. The molecule has 0 bridgehead atoms. The van der Waals surface area contributed by atoms with Gasteiger partial charge in [-0.15, -0.1) is 0 Å². The van der Waals surface area contributed by atoms with E-state index in [9.17, 15) is 19.5 Å². The lowest BCUT2D eigenvalue weighted by molar-refractivity contribution is -0.870. The van der Waals surface area contributed by atoms with Crippen molar-refractivity contribution in [1.82, 2.24) is 0 Å². The maximum absolute atomic E-state index is 12.7. The number of aliphatic carboxylic acids is 1. The van der Waals surface area contributed by atoms with E-state index >= 15 is 0 Å². The molecule has 0 radical (unpaired) electrons. The van der Waals surface area contributed by atoms with Crippen molar-refractivity contribution in [3.8, 4) is 0 Å². The van der Waals surface area contributed by atoms with Crippen LogP contribution in [0.4, 0.5) is 0 Å². The largest absolute Gasteiger partial charge is 0.477 e. The molecule has 0 aromatic heterocycles. The van der Waals surface area contributed by atoms with Crippen LogP contribution in [-0.4, -0.2) is 87.4 Å². The second-order valence-corrected chi connectivity index (χ2v) is 16.0. The number of esters is 2. The molecule has 0 saturated heterocycles. The zero-order valence-electron chi connectivity index (χ0n) is 35.2.